The minimum atomic E-state index is -0.598. The van der Waals surface area contributed by atoms with Crippen LogP contribution in [0.5, 0.6) is 11.5 Å². The van der Waals surface area contributed by atoms with Crippen molar-refractivity contribution in [3.63, 3.8) is 0 Å². The van der Waals surface area contributed by atoms with Crippen molar-refractivity contribution < 1.29 is 19.1 Å². The maximum absolute atomic E-state index is 13.8. The van der Waals surface area contributed by atoms with E-state index in [-0.39, 0.29) is 42.4 Å². The van der Waals surface area contributed by atoms with Gasteiger partial charge < -0.3 is 19.7 Å². The number of nitrogens with one attached hydrogen (secondary N) is 1. The van der Waals surface area contributed by atoms with E-state index < -0.39 is 11.2 Å². The van der Waals surface area contributed by atoms with Gasteiger partial charge in [-0.25, -0.2) is 4.79 Å². The van der Waals surface area contributed by atoms with Crippen LogP contribution in [0.1, 0.15) is 56.0 Å². The lowest BCUT2D eigenvalue weighted by molar-refractivity contribution is -0.135. The predicted molar refractivity (Wildman–Crippen MR) is 149 cm³/mol. The van der Waals surface area contributed by atoms with Crippen LogP contribution in [0, 0.1) is 0 Å². The van der Waals surface area contributed by atoms with Crippen molar-refractivity contribution >= 4 is 22.7 Å². The molecule has 0 aliphatic carbocycles. The third-order valence-electron chi connectivity index (χ3n) is 7.12. The van der Waals surface area contributed by atoms with Gasteiger partial charge in [0.15, 0.2) is 11.5 Å². The first-order valence-corrected chi connectivity index (χ1v) is 13.2. The van der Waals surface area contributed by atoms with Crippen molar-refractivity contribution in [3.05, 3.63) is 68.4 Å². The maximum Gasteiger partial charge on any atom is 0.332 e. The van der Waals surface area contributed by atoms with Crippen molar-refractivity contribution in [2.75, 3.05) is 20.8 Å². The third-order valence-corrected chi connectivity index (χ3v) is 7.12. The average molecular weight is 537 g/mol. The SMILES string of the molecule is COc1cc2c(=O)n(Cc3ccc(C(=O)NC(C)C)cc3)c(=O)n(CC(=O)N3CCCC[C@H]3C)c2cc1OC. The van der Waals surface area contributed by atoms with Crippen LogP contribution in [-0.2, 0) is 17.9 Å². The van der Waals surface area contributed by atoms with E-state index in [1.165, 1.54) is 24.9 Å². The monoisotopic (exact) mass is 536 g/mol. The molecule has 0 saturated carbocycles. The van der Waals surface area contributed by atoms with Gasteiger partial charge in [0.25, 0.3) is 11.5 Å². The van der Waals surface area contributed by atoms with Crippen LogP contribution in [-0.4, -0.2) is 58.7 Å². The number of carbonyl (C=O) groups is 2. The molecule has 2 aromatic carbocycles. The molecule has 1 N–H and O–H groups in total. The first-order valence-electron chi connectivity index (χ1n) is 13.2. The Bertz CT molecular complexity index is 1490. The molecule has 2 amide bonds. The van der Waals surface area contributed by atoms with Crippen molar-refractivity contribution in [2.45, 2.75) is 65.2 Å². The van der Waals surface area contributed by atoms with Crippen LogP contribution < -0.4 is 26.0 Å². The molecule has 1 fully saturated rings. The Balaban J connectivity index is 1.79. The van der Waals surface area contributed by atoms with Gasteiger partial charge in [-0.15, -0.1) is 0 Å². The molecule has 39 heavy (non-hydrogen) atoms. The Hall–Kier alpha value is -4.08. The summed E-state index contributed by atoms with van der Waals surface area (Å²) in [4.78, 5) is 54.9. The standard InChI is InChI=1S/C29H36N4O6/c1-18(2)30-27(35)21-11-9-20(10-12-21)16-33-28(36)22-14-24(38-4)25(39-5)15-23(22)32(29(33)37)17-26(34)31-13-7-6-8-19(31)3/h9-12,14-15,18-19H,6-8,13,16-17H2,1-5H3,(H,30,35)/t19-/m1/s1. The van der Waals surface area contributed by atoms with Crippen LogP contribution in [0.4, 0.5) is 0 Å². The van der Waals surface area contributed by atoms with Gasteiger partial charge in [0.2, 0.25) is 5.91 Å². The molecule has 1 aliphatic rings. The minimum absolute atomic E-state index is 0.00179. The van der Waals surface area contributed by atoms with Gasteiger partial charge in [-0.1, -0.05) is 12.1 Å². The molecule has 1 aliphatic heterocycles. The number of amides is 2. The number of piperidine rings is 1. The number of methoxy groups -OCH3 is 2. The van der Waals surface area contributed by atoms with Gasteiger partial charge >= 0.3 is 5.69 Å². The van der Waals surface area contributed by atoms with E-state index in [2.05, 4.69) is 5.32 Å². The summed E-state index contributed by atoms with van der Waals surface area (Å²) in [5, 5.41) is 3.07. The second kappa shape index (κ2) is 11.8. The van der Waals surface area contributed by atoms with Gasteiger partial charge in [0.1, 0.15) is 6.54 Å². The summed E-state index contributed by atoms with van der Waals surface area (Å²) in [5.74, 6) is 0.319. The molecule has 208 valence electrons. The number of carbonyl (C=O) groups excluding carboxylic acids is 2. The fourth-order valence-corrected chi connectivity index (χ4v) is 5.02. The van der Waals surface area contributed by atoms with Gasteiger partial charge in [-0.3, -0.25) is 23.5 Å². The zero-order chi connectivity index (χ0) is 28.3. The fraction of sp³-hybridized carbons (Fsp3) is 0.448. The molecule has 4 rings (SSSR count). The van der Waals surface area contributed by atoms with Crippen LogP contribution in [0.2, 0.25) is 0 Å². The largest absolute Gasteiger partial charge is 0.493 e. The van der Waals surface area contributed by atoms with Crippen molar-refractivity contribution in [3.8, 4) is 11.5 Å². The van der Waals surface area contributed by atoms with E-state index >= 15 is 0 Å². The molecule has 1 saturated heterocycles. The lowest BCUT2D eigenvalue weighted by Gasteiger charge is -2.33. The van der Waals surface area contributed by atoms with E-state index in [4.69, 9.17) is 9.47 Å². The number of rotatable bonds is 8. The highest BCUT2D eigenvalue weighted by molar-refractivity contribution is 5.94. The Labute approximate surface area is 227 Å². The van der Waals surface area contributed by atoms with Crippen molar-refractivity contribution in [2.24, 2.45) is 0 Å². The average Bonchev–Trinajstić information content (AvgIpc) is 2.92. The highest BCUT2D eigenvalue weighted by Crippen LogP contribution is 2.30. The van der Waals surface area contributed by atoms with Crippen LogP contribution in [0.25, 0.3) is 10.9 Å². The van der Waals surface area contributed by atoms with Crippen LogP contribution >= 0.6 is 0 Å². The number of hydrogen-bond acceptors (Lipinski definition) is 6. The molecule has 0 unspecified atom stereocenters. The summed E-state index contributed by atoms with van der Waals surface area (Å²) >= 11 is 0. The molecule has 0 bridgehead atoms. The predicted octanol–water partition coefficient (Wildman–Crippen LogP) is 2.77. The lowest BCUT2D eigenvalue weighted by Crippen LogP contribution is -2.47. The second-order valence-electron chi connectivity index (χ2n) is 10.2. The van der Waals surface area contributed by atoms with Crippen LogP contribution in [0.15, 0.2) is 46.0 Å². The van der Waals surface area contributed by atoms with E-state index in [0.29, 0.717) is 34.7 Å². The number of hydrogen-bond donors (Lipinski definition) is 1. The molecule has 1 atom stereocenters. The number of fused-ring (bicyclic) bond motifs is 1. The quantitative estimate of drug-likeness (QED) is 0.474. The number of aromatic nitrogens is 2. The van der Waals surface area contributed by atoms with Crippen LogP contribution in [0.3, 0.4) is 0 Å². The summed E-state index contributed by atoms with van der Waals surface area (Å²) in [7, 11) is 2.94. The molecular weight excluding hydrogens is 500 g/mol. The van der Waals surface area contributed by atoms with E-state index in [1.807, 2.05) is 20.8 Å². The first-order chi connectivity index (χ1) is 18.6. The second-order valence-corrected chi connectivity index (χ2v) is 10.2. The summed E-state index contributed by atoms with van der Waals surface area (Å²) in [6, 6.07) is 9.93. The third kappa shape index (κ3) is 5.84. The van der Waals surface area contributed by atoms with Gasteiger partial charge in [0, 0.05) is 30.3 Å². The molecule has 0 radical (unpaired) electrons. The molecule has 1 aromatic heterocycles. The summed E-state index contributed by atoms with van der Waals surface area (Å²) < 4.78 is 13.3. The highest BCUT2D eigenvalue weighted by Gasteiger charge is 2.25. The van der Waals surface area contributed by atoms with E-state index in [9.17, 15) is 19.2 Å². The maximum atomic E-state index is 13.8. The van der Waals surface area contributed by atoms with Crippen molar-refractivity contribution in [1.29, 1.82) is 0 Å². The molecule has 2 heterocycles. The number of likely N-dealkylation sites (tertiary alicyclic amines) is 1. The number of nitrogens with zero attached hydrogens (tertiary/aromatic N) is 3. The number of benzene rings is 2. The molecule has 3 aromatic rings. The highest BCUT2D eigenvalue weighted by atomic mass is 16.5. The minimum Gasteiger partial charge on any atom is -0.493 e. The number of ether oxygens (including phenoxy) is 2. The van der Waals surface area contributed by atoms with Gasteiger partial charge in [-0.2, -0.15) is 0 Å². The Morgan fingerprint density at radius 3 is 2.28 bits per heavy atom. The van der Waals surface area contributed by atoms with E-state index in [1.54, 1.807) is 35.2 Å². The first kappa shape index (κ1) is 27.9. The van der Waals surface area contributed by atoms with Gasteiger partial charge in [0.05, 0.1) is 31.7 Å². The zero-order valence-electron chi connectivity index (χ0n) is 23.2. The Morgan fingerprint density at radius 1 is 1.00 bits per heavy atom. The molecule has 10 nitrogen and oxygen atoms in total. The molecular formula is C29H36N4O6. The van der Waals surface area contributed by atoms with Gasteiger partial charge in [-0.05, 0) is 63.8 Å². The Kier molecular flexibility index (Phi) is 8.42. The van der Waals surface area contributed by atoms with Crippen molar-refractivity contribution in [1.82, 2.24) is 19.4 Å². The fourth-order valence-electron chi connectivity index (χ4n) is 5.02. The van der Waals surface area contributed by atoms with E-state index in [0.717, 1.165) is 23.8 Å². The molecule has 0 spiro atoms. The summed E-state index contributed by atoms with van der Waals surface area (Å²) in [5.41, 5.74) is 0.344. The summed E-state index contributed by atoms with van der Waals surface area (Å²) in [6.07, 6.45) is 2.89. The Morgan fingerprint density at radius 2 is 1.67 bits per heavy atom. The normalized spacial score (nSPS) is 15.4. The summed E-state index contributed by atoms with van der Waals surface area (Å²) in [6.45, 7) is 6.18. The zero-order valence-corrected chi connectivity index (χ0v) is 23.2. The lowest BCUT2D eigenvalue weighted by atomic mass is 10.0. The molecule has 10 heteroatoms. The smallest absolute Gasteiger partial charge is 0.332 e. The topological polar surface area (TPSA) is 112 Å².